The minimum Gasteiger partial charge on any atom is -0.375 e. The van der Waals surface area contributed by atoms with Crippen LogP contribution in [-0.2, 0) is 5.41 Å². The van der Waals surface area contributed by atoms with Crippen LogP contribution in [0.2, 0.25) is 0 Å². The van der Waals surface area contributed by atoms with Gasteiger partial charge in [0.05, 0.1) is 5.69 Å². The number of hydrogen-bond donors (Lipinski definition) is 2. The highest BCUT2D eigenvalue weighted by atomic mass is 32.1. The fourth-order valence-corrected chi connectivity index (χ4v) is 3.22. The van der Waals surface area contributed by atoms with Crippen molar-refractivity contribution in [2.24, 2.45) is 0 Å². The Morgan fingerprint density at radius 1 is 1.67 bits per heavy atom. The monoisotopic (exact) mass is 225 g/mol. The van der Waals surface area contributed by atoms with Crippen LogP contribution in [0.1, 0.15) is 38.3 Å². The van der Waals surface area contributed by atoms with Gasteiger partial charge in [-0.05, 0) is 25.8 Å². The third-order valence-electron chi connectivity index (χ3n) is 3.27. The van der Waals surface area contributed by atoms with Gasteiger partial charge in [-0.1, -0.05) is 13.3 Å². The van der Waals surface area contributed by atoms with Crippen molar-refractivity contribution in [2.45, 2.75) is 38.0 Å². The lowest BCUT2D eigenvalue weighted by Gasteiger charge is -2.36. The zero-order chi connectivity index (χ0) is 10.7. The predicted octanol–water partition coefficient (Wildman–Crippen LogP) is 2.15. The van der Waals surface area contributed by atoms with E-state index in [1.807, 2.05) is 0 Å². The molecule has 1 aromatic heterocycles. The molecule has 1 aromatic rings. The van der Waals surface area contributed by atoms with Gasteiger partial charge in [-0.2, -0.15) is 0 Å². The molecule has 1 aliphatic heterocycles. The van der Waals surface area contributed by atoms with Crippen LogP contribution in [0.4, 0.5) is 5.13 Å². The van der Waals surface area contributed by atoms with Crippen LogP contribution in [0.5, 0.6) is 0 Å². The first-order valence-electron chi connectivity index (χ1n) is 5.69. The SMILES string of the molecule is CCC[C@]1(c2csc(N)n2)CCCNC1. The molecule has 0 aromatic carbocycles. The zero-order valence-electron chi connectivity index (χ0n) is 9.25. The van der Waals surface area contributed by atoms with Crippen LogP contribution in [0, 0.1) is 0 Å². The Morgan fingerprint density at radius 2 is 2.53 bits per heavy atom. The summed E-state index contributed by atoms with van der Waals surface area (Å²) in [5.41, 5.74) is 7.19. The Hall–Kier alpha value is -0.610. The summed E-state index contributed by atoms with van der Waals surface area (Å²) in [6.07, 6.45) is 4.91. The van der Waals surface area contributed by atoms with Gasteiger partial charge in [0.25, 0.3) is 0 Å². The van der Waals surface area contributed by atoms with Gasteiger partial charge in [-0.15, -0.1) is 11.3 Å². The van der Waals surface area contributed by atoms with Crippen molar-refractivity contribution in [1.82, 2.24) is 10.3 Å². The number of piperidine rings is 1. The normalized spacial score (nSPS) is 26.7. The van der Waals surface area contributed by atoms with Crippen molar-refractivity contribution in [1.29, 1.82) is 0 Å². The third-order valence-corrected chi connectivity index (χ3v) is 3.94. The second-order valence-corrected chi connectivity index (χ2v) is 5.27. The molecular weight excluding hydrogens is 206 g/mol. The summed E-state index contributed by atoms with van der Waals surface area (Å²) in [5.74, 6) is 0. The highest BCUT2D eigenvalue weighted by Gasteiger charge is 2.34. The molecule has 3 N–H and O–H groups in total. The van der Waals surface area contributed by atoms with Gasteiger partial charge in [-0.3, -0.25) is 0 Å². The number of nitrogens with one attached hydrogen (secondary N) is 1. The number of nitrogens with two attached hydrogens (primary N) is 1. The molecule has 0 bridgehead atoms. The number of thiazole rings is 1. The Morgan fingerprint density at radius 3 is 3.07 bits per heavy atom. The van der Waals surface area contributed by atoms with Crippen LogP contribution in [-0.4, -0.2) is 18.1 Å². The molecule has 1 aliphatic rings. The molecule has 0 radical (unpaired) electrons. The van der Waals surface area contributed by atoms with Crippen LogP contribution in [0.3, 0.4) is 0 Å². The molecule has 0 amide bonds. The molecule has 4 heteroatoms. The molecule has 0 unspecified atom stereocenters. The summed E-state index contributed by atoms with van der Waals surface area (Å²) in [7, 11) is 0. The van der Waals surface area contributed by atoms with Gasteiger partial charge in [0.1, 0.15) is 0 Å². The van der Waals surface area contributed by atoms with Gasteiger partial charge in [0.2, 0.25) is 0 Å². The van der Waals surface area contributed by atoms with Gasteiger partial charge >= 0.3 is 0 Å². The van der Waals surface area contributed by atoms with Crippen LogP contribution in [0.25, 0.3) is 0 Å². The maximum Gasteiger partial charge on any atom is 0.180 e. The second kappa shape index (κ2) is 4.49. The minimum absolute atomic E-state index is 0.251. The lowest BCUT2D eigenvalue weighted by atomic mass is 9.75. The number of anilines is 1. The van der Waals surface area contributed by atoms with Crippen molar-refractivity contribution in [3.63, 3.8) is 0 Å². The maximum absolute atomic E-state index is 5.73. The number of nitrogen functional groups attached to an aromatic ring is 1. The fourth-order valence-electron chi connectivity index (χ4n) is 2.54. The Kier molecular flexibility index (Phi) is 3.26. The summed E-state index contributed by atoms with van der Waals surface area (Å²) in [6, 6.07) is 0. The molecule has 1 saturated heterocycles. The topological polar surface area (TPSA) is 50.9 Å². The van der Waals surface area contributed by atoms with E-state index in [4.69, 9.17) is 5.73 Å². The Bertz CT molecular complexity index is 310. The zero-order valence-corrected chi connectivity index (χ0v) is 10.1. The number of aromatic nitrogens is 1. The molecule has 0 aliphatic carbocycles. The summed E-state index contributed by atoms with van der Waals surface area (Å²) in [5, 5.41) is 6.33. The lowest BCUT2D eigenvalue weighted by Crippen LogP contribution is -2.43. The van der Waals surface area contributed by atoms with Crippen molar-refractivity contribution < 1.29 is 0 Å². The molecule has 2 heterocycles. The van der Waals surface area contributed by atoms with Gasteiger partial charge < -0.3 is 11.1 Å². The van der Waals surface area contributed by atoms with Crippen molar-refractivity contribution in [3.8, 4) is 0 Å². The van der Waals surface area contributed by atoms with Crippen LogP contribution in [0.15, 0.2) is 5.38 Å². The van der Waals surface area contributed by atoms with Crippen molar-refractivity contribution in [2.75, 3.05) is 18.8 Å². The van der Waals surface area contributed by atoms with Crippen molar-refractivity contribution in [3.05, 3.63) is 11.1 Å². The van der Waals surface area contributed by atoms with E-state index in [1.165, 1.54) is 31.4 Å². The van der Waals surface area contributed by atoms with Gasteiger partial charge in [0, 0.05) is 17.3 Å². The van der Waals surface area contributed by atoms with Crippen molar-refractivity contribution >= 4 is 16.5 Å². The molecule has 0 spiro atoms. The quantitative estimate of drug-likeness (QED) is 0.828. The second-order valence-electron chi connectivity index (χ2n) is 4.38. The Labute approximate surface area is 95.1 Å². The van der Waals surface area contributed by atoms with E-state index in [-0.39, 0.29) is 5.41 Å². The lowest BCUT2D eigenvalue weighted by molar-refractivity contribution is 0.285. The fraction of sp³-hybridized carbons (Fsp3) is 0.727. The first-order chi connectivity index (χ1) is 7.27. The average Bonchev–Trinajstić information content (AvgIpc) is 2.67. The third kappa shape index (κ3) is 2.16. The van der Waals surface area contributed by atoms with Gasteiger partial charge in [-0.25, -0.2) is 4.98 Å². The minimum atomic E-state index is 0.251. The van der Waals surface area contributed by atoms with E-state index in [1.54, 1.807) is 11.3 Å². The van der Waals surface area contributed by atoms with E-state index in [0.717, 1.165) is 13.1 Å². The number of rotatable bonds is 3. The summed E-state index contributed by atoms with van der Waals surface area (Å²) >= 11 is 1.56. The molecule has 1 fully saturated rings. The standard InChI is InChI=1S/C11H19N3S/c1-2-4-11(5-3-6-13-8-11)9-7-15-10(12)14-9/h7,13H,2-6,8H2,1H3,(H2,12,14)/t11-/m0/s1. The van der Waals surface area contributed by atoms with Crippen LogP contribution >= 0.6 is 11.3 Å². The van der Waals surface area contributed by atoms with E-state index < -0.39 is 0 Å². The molecule has 2 rings (SSSR count). The Balaban J connectivity index is 2.24. The molecule has 1 atom stereocenters. The number of nitrogens with zero attached hydrogens (tertiary/aromatic N) is 1. The highest BCUT2D eigenvalue weighted by molar-refractivity contribution is 7.13. The molecular formula is C11H19N3S. The first-order valence-corrected chi connectivity index (χ1v) is 6.57. The van der Waals surface area contributed by atoms with E-state index in [0.29, 0.717) is 5.13 Å². The predicted molar refractivity (Wildman–Crippen MR) is 65.2 cm³/mol. The molecule has 84 valence electrons. The maximum atomic E-state index is 5.73. The average molecular weight is 225 g/mol. The summed E-state index contributed by atoms with van der Waals surface area (Å²) in [6.45, 7) is 4.45. The number of hydrogen-bond acceptors (Lipinski definition) is 4. The summed E-state index contributed by atoms with van der Waals surface area (Å²) < 4.78 is 0. The van der Waals surface area contributed by atoms with Crippen LogP contribution < -0.4 is 11.1 Å². The van der Waals surface area contributed by atoms with E-state index in [9.17, 15) is 0 Å². The largest absolute Gasteiger partial charge is 0.375 e. The molecule has 15 heavy (non-hydrogen) atoms. The van der Waals surface area contributed by atoms with E-state index >= 15 is 0 Å². The van der Waals surface area contributed by atoms with E-state index in [2.05, 4.69) is 22.6 Å². The molecule has 0 saturated carbocycles. The first kappa shape index (κ1) is 10.9. The molecule has 3 nitrogen and oxygen atoms in total. The highest BCUT2D eigenvalue weighted by Crippen LogP contribution is 2.36. The van der Waals surface area contributed by atoms with Gasteiger partial charge in [0.15, 0.2) is 5.13 Å². The smallest absolute Gasteiger partial charge is 0.180 e. The summed E-state index contributed by atoms with van der Waals surface area (Å²) in [4.78, 5) is 4.48.